The molecule has 1 aliphatic rings. The summed E-state index contributed by atoms with van der Waals surface area (Å²) in [6.45, 7) is 5.97. The normalized spacial score (nSPS) is 18.4. The highest BCUT2D eigenvalue weighted by Crippen LogP contribution is 2.22. The van der Waals surface area contributed by atoms with E-state index in [1.165, 1.54) is 0 Å². The lowest BCUT2D eigenvalue weighted by molar-refractivity contribution is 0.431. The van der Waals surface area contributed by atoms with Crippen LogP contribution in [0.25, 0.3) is 0 Å². The van der Waals surface area contributed by atoms with E-state index in [2.05, 4.69) is 10.3 Å². The van der Waals surface area contributed by atoms with Gasteiger partial charge in [0, 0.05) is 25.9 Å². The second-order valence-corrected chi connectivity index (χ2v) is 3.03. The summed E-state index contributed by atoms with van der Waals surface area (Å²) in [6, 6.07) is 0. The monoisotopic (exact) mass is 152 g/mol. The summed E-state index contributed by atoms with van der Waals surface area (Å²) in [7, 11) is 0. The molecule has 1 N–H and O–H groups in total. The van der Waals surface area contributed by atoms with Crippen molar-refractivity contribution in [3.05, 3.63) is 17.3 Å². The van der Waals surface area contributed by atoms with Crippen molar-refractivity contribution in [1.82, 2.24) is 10.3 Å². The maximum atomic E-state index is 5.33. The Hall–Kier alpha value is -0.830. The van der Waals surface area contributed by atoms with Crippen LogP contribution in [-0.2, 0) is 0 Å². The number of rotatable bonds is 1. The van der Waals surface area contributed by atoms with Gasteiger partial charge >= 0.3 is 0 Å². The second-order valence-electron chi connectivity index (χ2n) is 3.03. The number of aryl methyl sites for hydroxylation is 2. The first-order chi connectivity index (χ1) is 5.27. The molecule has 0 bridgehead atoms. The van der Waals surface area contributed by atoms with E-state index in [9.17, 15) is 0 Å². The van der Waals surface area contributed by atoms with Crippen LogP contribution in [0.1, 0.15) is 23.3 Å². The van der Waals surface area contributed by atoms with Crippen LogP contribution in [0.5, 0.6) is 0 Å². The van der Waals surface area contributed by atoms with Crippen molar-refractivity contribution in [3.63, 3.8) is 0 Å². The van der Waals surface area contributed by atoms with Crippen LogP contribution in [0, 0.1) is 13.8 Å². The minimum atomic E-state index is 0.590. The molecule has 0 atom stereocenters. The van der Waals surface area contributed by atoms with Gasteiger partial charge in [0.25, 0.3) is 0 Å². The zero-order valence-electron chi connectivity index (χ0n) is 6.85. The fourth-order valence-electron chi connectivity index (χ4n) is 1.41. The molecule has 2 heterocycles. The summed E-state index contributed by atoms with van der Waals surface area (Å²) in [6.07, 6.45) is 0. The molecule has 1 fully saturated rings. The molecule has 60 valence electrons. The van der Waals surface area contributed by atoms with Crippen LogP contribution in [0.15, 0.2) is 4.42 Å². The lowest BCUT2D eigenvalue weighted by atomic mass is 9.98. The molecule has 3 heteroatoms. The van der Waals surface area contributed by atoms with Crippen molar-refractivity contribution in [2.45, 2.75) is 19.8 Å². The standard InChI is InChI=1S/C8H12N2O/c1-5-8(7-3-9-4-7)10-6(2)11-5/h7,9H,3-4H2,1-2H3. The minimum Gasteiger partial charge on any atom is -0.446 e. The Labute approximate surface area is 65.8 Å². The van der Waals surface area contributed by atoms with E-state index in [-0.39, 0.29) is 0 Å². The summed E-state index contributed by atoms with van der Waals surface area (Å²) in [4.78, 5) is 4.33. The first-order valence-electron chi connectivity index (χ1n) is 3.92. The van der Waals surface area contributed by atoms with Crippen LogP contribution in [0.3, 0.4) is 0 Å². The SMILES string of the molecule is Cc1nc(C2CNC2)c(C)o1. The average molecular weight is 152 g/mol. The quantitative estimate of drug-likeness (QED) is 0.651. The number of nitrogens with zero attached hydrogens (tertiary/aromatic N) is 1. The maximum absolute atomic E-state index is 5.33. The average Bonchev–Trinajstić information content (AvgIpc) is 2.07. The topological polar surface area (TPSA) is 38.1 Å². The molecule has 0 unspecified atom stereocenters. The molecule has 1 aromatic heterocycles. The van der Waals surface area contributed by atoms with Crippen molar-refractivity contribution < 1.29 is 4.42 Å². The van der Waals surface area contributed by atoms with Gasteiger partial charge in [-0.3, -0.25) is 0 Å². The van der Waals surface area contributed by atoms with Gasteiger partial charge in [-0.05, 0) is 6.92 Å². The molecule has 3 nitrogen and oxygen atoms in total. The Morgan fingerprint density at radius 3 is 2.55 bits per heavy atom. The lowest BCUT2D eigenvalue weighted by Gasteiger charge is -2.25. The lowest BCUT2D eigenvalue weighted by Crippen LogP contribution is -2.40. The molecule has 2 rings (SSSR count). The zero-order valence-corrected chi connectivity index (χ0v) is 6.85. The highest BCUT2D eigenvalue weighted by Gasteiger charge is 2.24. The zero-order chi connectivity index (χ0) is 7.84. The number of oxazole rings is 1. The third kappa shape index (κ3) is 1.05. The first-order valence-corrected chi connectivity index (χ1v) is 3.92. The maximum Gasteiger partial charge on any atom is 0.191 e. The van der Waals surface area contributed by atoms with Gasteiger partial charge in [-0.25, -0.2) is 4.98 Å². The molecule has 0 amide bonds. The van der Waals surface area contributed by atoms with Crippen molar-refractivity contribution in [2.75, 3.05) is 13.1 Å². The molecular weight excluding hydrogens is 140 g/mol. The molecule has 0 radical (unpaired) electrons. The third-order valence-corrected chi connectivity index (χ3v) is 2.11. The largest absolute Gasteiger partial charge is 0.446 e. The molecule has 0 aliphatic carbocycles. The molecule has 0 aromatic carbocycles. The molecular formula is C8H12N2O. The summed E-state index contributed by atoms with van der Waals surface area (Å²) in [5.41, 5.74) is 1.14. The van der Waals surface area contributed by atoms with Crippen molar-refractivity contribution in [2.24, 2.45) is 0 Å². The molecule has 1 aromatic rings. The Morgan fingerprint density at radius 1 is 1.45 bits per heavy atom. The van der Waals surface area contributed by atoms with Crippen molar-refractivity contribution >= 4 is 0 Å². The second kappa shape index (κ2) is 2.34. The van der Waals surface area contributed by atoms with Crippen LogP contribution in [0.2, 0.25) is 0 Å². The van der Waals surface area contributed by atoms with Gasteiger partial charge in [0.15, 0.2) is 5.89 Å². The number of hydrogen-bond acceptors (Lipinski definition) is 3. The highest BCUT2D eigenvalue weighted by atomic mass is 16.4. The van der Waals surface area contributed by atoms with E-state index in [4.69, 9.17) is 4.42 Å². The fourth-order valence-corrected chi connectivity index (χ4v) is 1.41. The van der Waals surface area contributed by atoms with E-state index < -0.39 is 0 Å². The van der Waals surface area contributed by atoms with Crippen LogP contribution >= 0.6 is 0 Å². The molecule has 11 heavy (non-hydrogen) atoms. The van der Waals surface area contributed by atoms with Gasteiger partial charge in [-0.15, -0.1) is 0 Å². The highest BCUT2D eigenvalue weighted by molar-refractivity contribution is 5.17. The number of aromatic nitrogens is 1. The predicted molar refractivity (Wildman–Crippen MR) is 41.6 cm³/mol. The van der Waals surface area contributed by atoms with Gasteiger partial charge < -0.3 is 9.73 Å². The van der Waals surface area contributed by atoms with Gasteiger partial charge in [0.1, 0.15) is 5.76 Å². The van der Waals surface area contributed by atoms with E-state index in [0.717, 1.165) is 30.4 Å². The van der Waals surface area contributed by atoms with E-state index in [1.807, 2.05) is 13.8 Å². The van der Waals surface area contributed by atoms with Gasteiger partial charge in [0.05, 0.1) is 5.69 Å². The van der Waals surface area contributed by atoms with E-state index >= 15 is 0 Å². The first kappa shape index (κ1) is 6.85. The fraction of sp³-hybridized carbons (Fsp3) is 0.625. The van der Waals surface area contributed by atoms with Crippen molar-refractivity contribution in [3.8, 4) is 0 Å². The predicted octanol–water partition coefficient (Wildman–Crippen LogP) is 0.978. The summed E-state index contributed by atoms with van der Waals surface area (Å²) in [5.74, 6) is 2.35. The van der Waals surface area contributed by atoms with Crippen LogP contribution in [0.4, 0.5) is 0 Å². The summed E-state index contributed by atoms with van der Waals surface area (Å²) < 4.78 is 5.33. The third-order valence-electron chi connectivity index (χ3n) is 2.11. The van der Waals surface area contributed by atoms with Gasteiger partial charge in [-0.1, -0.05) is 0 Å². The smallest absolute Gasteiger partial charge is 0.191 e. The Kier molecular flexibility index (Phi) is 1.46. The minimum absolute atomic E-state index is 0.590. The summed E-state index contributed by atoms with van der Waals surface area (Å²) in [5, 5.41) is 3.21. The Morgan fingerprint density at radius 2 is 2.18 bits per heavy atom. The van der Waals surface area contributed by atoms with Crippen LogP contribution in [-0.4, -0.2) is 18.1 Å². The van der Waals surface area contributed by atoms with Gasteiger partial charge in [-0.2, -0.15) is 0 Å². The summed E-state index contributed by atoms with van der Waals surface area (Å²) >= 11 is 0. The molecule has 0 saturated carbocycles. The molecule has 1 saturated heterocycles. The molecule has 1 aliphatic heterocycles. The van der Waals surface area contributed by atoms with E-state index in [0.29, 0.717) is 5.92 Å². The Bertz CT molecular complexity index is 263. The van der Waals surface area contributed by atoms with Crippen LogP contribution < -0.4 is 5.32 Å². The van der Waals surface area contributed by atoms with Gasteiger partial charge in [0.2, 0.25) is 0 Å². The number of nitrogens with one attached hydrogen (secondary N) is 1. The van der Waals surface area contributed by atoms with Crippen molar-refractivity contribution in [1.29, 1.82) is 0 Å². The molecule has 0 spiro atoms. The Balaban J connectivity index is 2.28. The van der Waals surface area contributed by atoms with E-state index in [1.54, 1.807) is 0 Å². The number of hydrogen-bond donors (Lipinski definition) is 1.